The van der Waals surface area contributed by atoms with Gasteiger partial charge in [0.25, 0.3) is 0 Å². The summed E-state index contributed by atoms with van der Waals surface area (Å²) >= 11 is 0. The summed E-state index contributed by atoms with van der Waals surface area (Å²) in [6.07, 6.45) is -1.55. The Morgan fingerprint density at radius 2 is 1.92 bits per heavy atom. The summed E-state index contributed by atoms with van der Waals surface area (Å²) < 4.78 is 36.3. The van der Waals surface area contributed by atoms with Crippen LogP contribution in [-0.4, -0.2) is 18.1 Å². The molecule has 1 rings (SSSR count). The van der Waals surface area contributed by atoms with Gasteiger partial charge in [0.15, 0.2) is 0 Å². The Bertz CT molecular complexity index is 253. The Morgan fingerprint density at radius 1 is 1.31 bits per heavy atom. The molecule has 0 saturated heterocycles. The SMILES string of the molecule is CB(O)C1=CC=C(C(F)(F)F)CC1. The molecule has 0 aromatic carbocycles. The predicted molar refractivity (Wildman–Crippen MR) is 45.3 cm³/mol. The van der Waals surface area contributed by atoms with Gasteiger partial charge in [-0.1, -0.05) is 24.4 Å². The van der Waals surface area contributed by atoms with Gasteiger partial charge in [0.05, 0.1) is 0 Å². The lowest BCUT2D eigenvalue weighted by Gasteiger charge is -2.17. The molecule has 0 aliphatic heterocycles. The van der Waals surface area contributed by atoms with Crippen LogP contribution in [-0.2, 0) is 0 Å². The van der Waals surface area contributed by atoms with Crippen LogP contribution in [0.15, 0.2) is 23.2 Å². The average Bonchev–Trinajstić information content (AvgIpc) is 2.03. The third-order valence-electron chi connectivity index (χ3n) is 2.08. The van der Waals surface area contributed by atoms with Crippen molar-refractivity contribution in [2.75, 3.05) is 0 Å². The highest BCUT2D eigenvalue weighted by atomic mass is 19.4. The second kappa shape index (κ2) is 3.58. The Kier molecular flexibility index (Phi) is 2.85. The van der Waals surface area contributed by atoms with Crippen LogP contribution in [0, 0.1) is 0 Å². The van der Waals surface area contributed by atoms with Crippen LogP contribution in [0.1, 0.15) is 12.8 Å². The zero-order valence-electron chi connectivity index (χ0n) is 7.23. The predicted octanol–water partition coefficient (Wildman–Crippen LogP) is 2.35. The van der Waals surface area contributed by atoms with Crippen molar-refractivity contribution < 1.29 is 18.2 Å². The Hall–Kier alpha value is -0.705. The molecular weight excluding hydrogens is 180 g/mol. The van der Waals surface area contributed by atoms with Gasteiger partial charge in [-0.2, -0.15) is 13.2 Å². The average molecular weight is 190 g/mol. The molecule has 1 aliphatic rings. The van der Waals surface area contributed by atoms with Gasteiger partial charge in [-0.05, 0) is 12.8 Å². The van der Waals surface area contributed by atoms with Gasteiger partial charge in [0.1, 0.15) is 0 Å². The summed E-state index contributed by atoms with van der Waals surface area (Å²) in [4.78, 5) is 0. The molecule has 0 heterocycles. The van der Waals surface area contributed by atoms with Crippen molar-refractivity contribution in [3.63, 3.8) is 0 Å². The first-order chi connectivity index (χ1) is 5.91. The first-order valence-corrected chi connectivity index (χ1v) is 4.06. The maximum atomic E-state index is 12.1. The van der Waals surface area contributed by atoms with Crippen molar-refractivity contribution in [1.29, 1.82) is 0 Å². The Balaban J connectivity index is 2.77. The van der Waals surface area contributed by atoms with Crippen LogP contribution >= 0.6 is 0 Å². The van der Waals surface area contributed by atoms with Gasteiger partial charge in [-0.15, -0.1) is 0 Å². The molecular formula is C8H10BF3O. The molecule has 0 fully saturated rings. The van der Waals surface area contributed by atoms with Crippen molar-refractivity contribution in [2.45, 2.75) is 25.8 Å². The highest BCUT2D eigenvalue weighted by molar-refractivity contribution is 6.57. The van der Waals surface area contributed by atoms with E-state index in [0.717, 1.165) is 6.08 Å². The fourth-order valence-electron chi connectivity index (χ4n) is 1.24. The maximum absolute atomic E-state index is 12.1. The molecule has 0 aromatic heterocycles. The van der Waals surface area contributed by atoms with E-state index in [-0.39, 0.29) is 6.42 Å². The quantitative estimate of drug-likeness (QED) is 0.629. The Morgan fingerprint density at radius 3 is 2.23 bits per heavy atom. The molecule has 0 bridgehead atoms. The van der Waals surface area contributed by atoms with Crippen molar-refractivity contribution in [3.05, 3.63) is 23.2 Å². The molecule has 0 atom stereocenters. The van der Waals surface area contributed by atoms with E-state index in [2.05, 4.69) is 0 Å². The van der Waals surface area contributed by atoms with Crippen LogP contribution in [0.2, 0.25) is 6.82 Å². The second-order valence-corrected chi connectivity index (χ2v) is 3.11. The van der Waals surface area contributed by atoms with Crippen LogP contribution in [0.4, 0.5) is 13.2 Å². The van der Waals surface area contributed by atoms with E-state index >= 15 is 0 Å². The third kappa shape index (κ3) is 2.62. The summed E-state index contributed by atoms with van der Waals surface area (Å²) in [7, 11) is 0. The van der Waals surface area contributed by atoms with E-state index in [9.17, 15) is 13.2 Å². The molecule has 72 valence electrons. The van der Waals surface area contributed by atoms with E-state index in [1.165, 1.54) is 6.08 Å². The molecule has 1 N–H and O–H groups in total. The molecule has 0 aromatic rings. The van der Waals surface area contributed by atoms with Gasteiger partial charge < -0.3 is 5.02 Å². The van der Waals surface area contributed by atoms with Gasteiger partial charge in [-0.3, -0.25) is 0 Å². The van der Waals surface area contributed by atoms with E-state index in [1.807, 2.05) is 0 Å². The lowest BCUT2D eigenvalue weighted by Crippen LogP contribution is -2.18. The molecule has 0 unspecified atom stereocenters. The number of hydrogen-bond acceptors (Lipinski definition) is 1. The van der Waals surface area contributed by atoms with Gasteiger partial charge in [0, 0.05) is 5.57 Å². The fraction of sp³-hybridized carbons (Fsp3) is 0.500. The summed E-state index contributed by atoms with van der Waals surface area (Å²) in [6.45, 7) is 0.907. The molecule has 0 saturated carbocycles. The highest BCUT2D eigenvalue weighted by Gasteiger charge is 2.34. The van der Waals surface area contributed by atoms with E-state index < -0.39 is 18.7 Å². The molecule has 0 amide bonds. The molecule has 0 spiro atoms. The monoisotopic (exact) mass is 190 g/mol. The third-order valence-corrected chi connectivity index (χ3v) is 2.08. The minimum absolute atomic E-state index is 0.0275. The summed E-state index contributed by atoms with van der Waals surface area (Å²) in [5.41, 5.74) is 0.143. The maximum Gasteiger partial charge on any atom is 0.412 e. The number of allylic oxidation sites excluding steroid dienone is 4. The molecule has 13 heavy (non-hydrogen) atoms. The van der Waals surface area contributed by atoms with Crippen LogP contribution < -0.4 is 0 Å². The van der Waals surface area contributed by atoms with Crippen molar-refractivity contribution in [1.82, 2.24) is 0 Å². The molecule has 1 nitrogen and oxygen atoms in total. The standard InChI is InChI=1S/C8H10BF3O/c1-9(13)7-4-2-6(3-5-7)8(10,11)12/h2,4,13H,3,5H2,1H3. The lowest BCUT2D eigenvalue weighted by molar-refractivity contribution is -0.0940. The van der Waals surface area contributed by atoms with Gasteiger partial charge in [0.2, 0.25) is 0 Å². The van der Waals surface area contributed by atoms with Crippen LogP contribution in [0.3, 0.4) is 0 Å². The fourth-order valence-corrected chi connectivity index (χ4v) is 1.24. The zero-order chi connectivity index (χ0) is 10.1. The normalized spacial score (nSPS) is 17.9. The first-order valence-electron chi connectivity index (χ1n) is 4.06. The highest BCUT2D eigenvalue weighted by Crippen LogP contribution is 2.32. The lowest BCUT2D eigenvalue weighted by atomic mass is 9.60. The minimum Gasteiger partial charge on any atom is -0.447 e. The molecule has 5 heteroatoms. The molecule has 0 radical (unpaired) electrons. The first kappa shape index (κ1) is 10.4. The number of alkyl halides is 3. The minimum atomic E-state index is -4.22. The summed E-state index contributed by atoms with van der Waals surface area (Å²) in [6, 6.07) is 0. The van der Waals surface area contributed by atoms with Crippen molar-refractivity contribution in [3.8, 4) is 0 Å². The van der Waals surface area contributed by atoms with Crippen LogP contribution in [0.25, 0.3) is 0 Å². The van der Waals surface area contributed by atoms with Crippen molar-refractivity contribution >= 4 is 6.92 Å². The molecule has 1 aliphatic carbocycles. The summed E-state index contributed by atoms with van der Waals surface area (Å²) in [5.74, 6) is 0. The zero-order valence-corrected chi connectivity index (χ0v) is 7.23. The van der Waals surface area contributed by atoms with Crippen molar-refractivity contribution in [2.24, 2.45) is 0 Å². The van der Waals surface area contributed by atoms with Crippen LogP contribution in [0.5, 0.6) is 0 Å². The number of hydrogen-bond donors (Lipinski definition) is 1. The second-order valence-electron chi connectivity index (χ2n) is 3.11. The smallest absolute Gasteiger partial charge is 0.412 e. The van der Waals surface area contributed by atoms with Gasteiger partial charge in [-0.25, -0.2) is 0 Å². The van der Waals surface area contributed by atoms with E-state index in [1.54, 1.807) is 6.82 Å². The summed E-state index contributed by atoms with van der Waals surface area (Å²) in [5, 5.41) is 9.09. The number of rotatable bonds is 1. The Labute approximate surface area is 75.1 Å². The number of halogens is 3. The topological polar surface area (TPSA) is 20.2 Å². The largest absolute Gasteiger partial charge is 0.447 e. The van der Waals surface area contributed by atoms with Gasteiger partial charge >= 0.3 is 13.1 Å². The van der Waals surface area contributed by atoms with E-state index in [4.69, 9.17) is 5.02 Å². The van der Waals surface area contributed by atoms with E-state index in [0.29, 0.717) is 11.9 Å².